The molecule has 54 valence electrons. The summed E-state index contributed by atoms with van der Waals surface area (Å²) in [5, 5.41) is 0. The molecule has 0 saturated carbocycles. The molecule has 0 radical (unpaired) electrons. The van der Waals surface area contributed by atoms with Crippen LogP contribution in [-0.2, 0) is 0 Å². The van der Waals surface area contributed by atoms with E-state index < -0.39 is 5.92 Å². The third kappa shape index (κ3) is 2.59. The monoisotopic (exact) mass is 134 g/mol. The van der Waals surface area contributed by atoms with E-state index in [1.807, 2.05) is 0 Å². The molecule has 0 spiro atoms. The number of rotatable bonds is 2. The topological polar surface area (TPSA) is 0 Å². The average molecular weight is 134 g/mol. The fraction of sp³-hybridized carbons (Fsp3) is 0.714. The largest absolute Gasteiger partial charge is 0.266 e. The molecule has 0 aliphatic carbocycles. The summed E-state index contributed by atoms with van der Waals surface area (Å²) < 4.78 is 24.6. The van der Waals surface area contributed by atoms with E-state index in [0.29, 0.717) is 6.42 Å². The van der Waals surface area contributed by atoms with Crippen LogP contribution in [0.25, 0.3) is 0 Å². The van der Waals surface area contributed by atoms with Gasteiger partial charge in [-0.3, -0.25) is 0 Å². The van der Waals surface area contributed by atoms with E-state index in [2.05, 4.69) is 0 Å². The fourth-order valence-electron chi connectivity index (χ4n) is 0.768. The lowest BCUT2D eigenvalue weighted by atomic mass is 10.1. The van der Waals surface area contributed by atoms with Crippen LogP contribution in [0.15, 0.2) is 11.6 Å². The molecular formula is C7H12F2. The van der Waals surface area contributed by atoms with Crippen molar-refractivity contribution in [1.82, 2.24) is 0 Å². The van der Waals surface area contributed by atoms with Gasteiger partial charge in [-0.1, -0.05) is 13.0 Å². The third-order valence-electron chi connectivity index (χ3n) is 1.29. The van der Waals surface area contributed by atoms with Crippen LogP contribution in [0.3, 0.4) is 0 Å². The van der Waals surface area contributed by atoms with Gasteiger partial charge in [0.05, 0.1) is 0 Å². The van der Waals surface area contributed by atoms with Crippen molar-refractivity contribution in [2.75, 3.05) is 0 Å². The normalized spacial score (nSPS) is 14.1. The van der Waals surface area contributed by atoms with Crippen molar-refractivity contribution >= 4 is 0 Å². The molecule has 0 N–H and O–H groups in total. The number of halogens is 2. The molecule has 0 aromatic carbocycles. The zero-order chi connectivity index (χ0) is 7.49. The first kappa shape index (κ1) is 8.60. The highest BCUT2D eigenvalue weighted by atomic mass is 19.3. The predicted octanol–water partition coefficient (Wildman–Crippen LogP) is 3.00. The second kappa shape index (κ2) is 2.95. The maximum absolute atomic E-state index is 12.3. The van der Waals surface area contributed by atoms with Gasteiger partial charge in [-0.25, -0.2) is 8.78 Å². The van der Waals surface area contributed by atoms with Crippen LogP contribution in [0, 0.1) is 0 Å². The van der Waals surface area contributed by atoms with Crippen LogP contribution < -0.4 is 0 Å². The van der Waals surface area contributed by atoms with Crippen LogP contribution in [0.2, 0.25) is 0 Å². The Balaban J connectivity index is 4.14. The number of allylic oxidation sites excluding steroid dienone is 2. The zero-order valence-electron chi connectivity index (χ0n) is 6.04. The first-order valence-electron chi connectivity index (χ1n) is 3.05. The van der Waals surface area contributed by atoms with E-state index in [0.717, 1.165) is 6.92 Å². The van der Waals surface area contributed by atoms with Gasteiger partial charge in [0.1, 0.15) is 0 Å². The molecule has 0 heterocycles. The van der Waals surface area contributed by atoms with E-state index in [9.17, 15) is 8.78 Å². The lowest BCUT2D eigenvalue weighted by molar-refractivity contribution is 0.0601. The quantitative estimate of drug-likeness (QED) is 0.509. The highest BCUT2D eigenvalue weighted by molar-refractivity contribution is 5.08. The van der Waals surface area contributed by atoms with Crippen LogP contribution in [0.1, 0.15) is 27.2 Å². The Labute approximate surface area is 54.6 Å². The van der Waals surface area contributed by atoms with Gasteiger partial charge in [0.15, 0.2) is 0 Å². The molecule has 0 rings (SSSR count). The van der Waals surface area contributed by atoms with E-state index >= 15 is 0 Å². The van der Waals surface area contributed by atoms with Crippen molar-refractivity contribution in [3.05, 3.63) is 11.6 Å². The molecule has 0 aliphatic heterocycles. The van der Waals surface area contributed by atoms with Crippen LogP contribution >= 0.6 is 0 Å². The Bertz CT molecular complexity index is 109. The molecule has 0 atom stereocenters. The summed E-state index contributed by atoms with van der Waals surface area (Å²) in [6.45, 7) is 4.29. The SMILES string of the molecule is C/C=C(\CC)C(C)(F)F. The Kier molecular flexibility index (Phi) is 2.82. The van der Waals surface area contributed by atoms with Crippen molar-refractivity contribution < 1.29 is 8.78 Å². The van der Waals surface area contributed by atoms with E-state index in [1.165, 1.54) is 6.08 Å². The molecule has 0 saturated heterocycles. The first-order chi connectivity index (χ1) is 4.02. The Morgan fingerprint density at radius 2 is 2.00 bits per heavy atom. The van der Waals surface area contributed by atoms with Crippen molar-refractivity contribution in [2.45, 2.75) is 33.1 Å². The second-order valence-corrected chi connectivity index (χ2v) is 2.06. The molecule has 0 bridgehead atoms. The summed E-state index contributed by atoms with van der Waals surface area (Å²) in [7, 11) is 0. The molecule has 9 heavy (non-hydrogen) atoms. The summed E-state index contributed by atoms with van der Waals surface area (Å²) in [5.41, 5.74) is 0.211. The standard InChI is InChI=1S/C7H12F2/c1-4-6(5-2)7(3,8)9/h4H,5H2,1-3H3/b6-4+. The van der Waals surface area contributed by atoms with Gasteiger partial charge in [-0.15, -0.1) is 0 Å². The highest BCUT2D eigenvalue weighted by Gasteiger charge is 2.24. The van der Waals surface area contributed by atoms with Gasteiger partial charge < -0.3 is 0 Å². The minimum absolute atomic E-state index is 0.211. The summed E-state index contributed by atoms with van der Waals surface area (Å²) >= 11 is 0. The summed E-state index contributed by atoms with van der Waals surface area (Å²) in [6, 6.07) is 0. The number of hydrogen-bond donors (Lipinski definition) is 0. The number of alkyl halides is 2. The highest BCUT2D eigenvalue weighted by Crippen LogP contribution is 2.24. The molecular weight excluding hydrogens is 122 g/mol. The van der Waals surface area contributed by atoms with E-state index in [4.69, 9.17) is 0 Å². The maximum Gasteiger partial charge on any atom is 0.266 e. The van der Waals surface area contributed by atoms with E-state index in [1.54, 1.807) is 13.8 Å². The smallest absolute Gasteiger partial charge is 0.202 e. The Morgan fingerprint density at radius 1 is 1.56 bits per heavy atom. The minimum atomic E-state index is -2.62. The van der Waals surface area contributed by atoms with Gasteiger partial charge in [-0.05, 0) is 18.9 Å². The molecule has 0 unspecified atom stereocenters. The third-order valence-corrected chi connectivity index (χ3v) is 1.29. The molecule has 0 fully saturated rings. The summed E-state index contributed by atoms with van der Waals surface area (Å²) in [6.07, 6.45) is 1.90. The minimum Gasteiger partial charge on any atom is -0.202 e. The second-order valence-electron chi connectivity index (χ2n) is 2.06. The van der Waals surface area contributed by atoms with Crippen molar-refractivity contribution in [2.24, 2.45) is 0 Å². The molecule has 2 heteroatoms. The van der Waals surface area contributed by atoms with Crippen LogP contribution in [-0.4, -0.2) is 5.92 Å². The van der Waals surface area contributed by atoms with Gasteiger partial charge in [-0.2, -0.15) is 0 Å². The van der Waals surface area contributed by atoms with Crippen molar-refractivity contribution in [1.29, 1.82) is 0 Å². The summed E-state index contributed by atoms with van der Waals surface area (Å²) in [4.78, 5) is 0. The molecule has 0 aromatic rings. The fourth-order valence-corrected chi connectivity index (χ4v) is 0.768. The lowest BCUT2D eigenvalue weighted by Crippen LogP contribution is -2.12. The summed E-state index contributed by atoms with van der Waals surface area (Å²) in [5.74, 6) is -2.62. The predicted molar refractivity (Wildman–Crippen MR) is 34.7 cm³/mol. The molecule has 0 amide bonds. The Hall–Kier alpha value is -0.400. The molecule has 0 nitrogen and oxygen atoms in total. The first-order valence-corrected chi connectivity index (χ1v) is 3.05. The van der Waals surface area contributed by atoms with Crippen molar-refractivity contribution in [3.63, 3.8) is 0 Å². The van der Waals surface area contributed by atoms with Crippen LogP contribution in [0.5, 0.6) is 0 Å². The van der Waals surface area contributed by atoms with Gasteiger partial charge in [0.2, 0.25) is 0 Å². The van der Waals surface area contributed by atoms with Gasteiger partial charge in [0, 0.05) is 6.92 Å². The molecule has 0 aliphatic rings. The lowest BCUT2D eigenvalue weighted by Gasteiger charge is -2.11. The van der Waals surface area contributed by atoms with E-state index in [-0.39, 0.29) is 5.57 Å². The Morgan fingerprint density at radius 3 is 2.00 bits per heavy atom. The maximum atomic E-state index is 12.3. The number of hydrogen-bond acceptors (Lipinski definition) is 0. The van der Waals surface area contributed by atoms with Crippen molar-refractivity contribution in [3.8, 4) is 0 Å². The van der Waals surface area contributed by atoms with Gasteiger partial charge in [0.25, 0.3) is 5.92 Å². The van der Waals surface area contributed by atoms with Crippen LogP contribution in [0.4, 0.5) is 8.78 Å². The van der Waals surface area contributed by atoms with Gasteiger partial charge >= 0.3 is 0 Å². The zero-order valence-corrected chi connectivity index (χ0v) is 6.04. The molecule has 0 aromatic heterocycles. The average Bonchev–Trinajstić information content (AvgIpc) is 1.65.